The number of hydrogen-bond donors (Lipinski definition) is 3. The predicted octanol–water partition coefficient (Wildman–Crippen LogP) is 3.39. The molecule has 0 aliphatic carbocycles. The number of nitrogens with one attached hydrogen (secondary N) is 2. The number of rotatable bonds is 3. The summed E-state index contributed by atoms with van der Waals surface area (Å²) in [6.07, 6.45) is 0.925. The lowest BCUT2D eigenvalue weighted by Gasteiger charge is -2.11. The Morgan fingerprint density at radius 1 is 1.18 bits per heavy atom. The Kier molecular flexibility index (Phi) is 5.12. The van der Waals surface area contributed by atoms with E-state index in [1.807, 2.05) is 19.1 Å². The molecular formula is C17H18N2O2S. The fraction of sp³-hybridized carbons (Fsp3) is 0.176. The van der Waals surface area contributed by atoms with Crippen LogP contribution in [0.2, 0.25) is 0 Å². The fourth-order valence-corrected chi connectivity index (χ4v) is 2.17. The van der Waals surface area contributed by atoms with Crippen molar-refractivity contribution in [2.24, 2.45) is 0 Å². The third kappa shape index (κ3) is 4.05. The summed E-state index contributed by atoms with van der Waals surface area (Å²) >= 11 is 5.11. The Morgan fingerprint density at radius 3 is 2.50 bits per heavy atom. The molecule has 0 unspecified atom stereocenters. The Hall–Kier alpha value is -2.40. The second-order valence-electron chi connectivity index (χ2n) is 4.98. The summed E-state index contributed by atoms with van der Waals surface area (Å²) in [6, 6.07) is 12.5. The van der Waals surface area contributed by atoms with Gasteiger partial charge in [-0.2, -0.15) is 0 Å². The number of phenolic OH excluding ortho intramolecular Hbond substituents is 1. The predicted molar refractivity (Wildman–Crippen MR) is 92.4 cm³/mol. The molecule has 0 aromatic heterocycles. The standard InChI is InChI=1S/C17H18N2O2S/c1-3-12-5-7-13(8-6-12)16(21)19-17(22)18-14-10-11(2)4-9-15(14)20/h4-10,20H,3H2,1-2H3,(H2,18,19,21,22). The van der Waals surface area contributed by atoms with Crippen LogP contribution in [0.4, 0.5) is 5.69 Å². The number of amides is 1. The van der Waals surface area contributed by atoms with Crippen molar-refractivity contribution in [3.05, 3.63) is 59.2 Å². The normalized spacial score (nSPS) is 10.1. The van der Waals surface area contributed by atoms with E-state index in [0.29, 0.717) is 11.3 Å². The molecular weight excluding hydrogens is 296 g/mol. The molecule has 3 N–H and O–H groups in total. The topological polar surface area (TPSA) is 61.4 Å². The first-order valence-electron chi connectivity index (χ1n) is 7.00. The smallest absolute Gasteiger partial charge is 0.257 e. The van der Waals surface area contributed by atoms with Gasteiger partial charge in [-0.15, -0.1) is 0 Å². The highest BCUT2D eigenvalue weighted by molar-refractivity contribution is 7.80. The van der Waals surface area contributed by atoms with Crippen LogP contribution in [0.3, 0.4) is 0 Å². The van der Waals surface area contributed by atoms with Gasteiger partial charge in [0.15, 0.2) is 5.11 Å². The molecule has 0 saturated heterocycles. The highest BCUT2D eigenvalue weighted by atomic mass is 32.1. The fourth-order valence-electron chi connectivity index (χ4n) is 1.97. The summed E-state index contributed by atoms with van der Waals surface area (Å²) in [5, 5.41) is 15.3. The Balaban J connectivity index is 2.01. The molecule has 0 heterocycles. The summed E-state index contributed by atoms with van der Waals surface area (Å²) < 4.78 is 0. The second-order valence-corrected chi connectivity index (χ2v) is 5.39. The summed E-state index contributed by atoms with van der Waals surface area (Å²) in [4.78, 5) is 12.1. The molecule has 0 aliphatic rings. The maximum atomic E-state index is 12.1. The van der Waals surface area contributed by atoms with Gasteiger partial charge in [0.1, 0.15) is 5.75 Å². The number of aromatic hydroxyl groups is 1. The largest absolute Gasteiger partial charge is 0.506 e. The van der Waals surface area contributed by atoms with E-state index in [2.05, 4.69) is 17.6 Å². The third-order valence-corrected chi connectivity index (χ3v) is 3.46. The van der Waals surface area contributed by atoms with Crippen LogP contribution < -0.4 is 10.6 Å². The summed E-state index contributed by atoms with van der Waals surface area (Å²) in [5.41, 5.74) is 3.15. The van der Waals surface area contributed by atoms with Gasteiger partial charge in [-0.1, -0.05) is 25.1 Å². The minimum Gasteiger partial charge on any atom is -0.506 e. The number of thiocarbonyl (C=S) groups is 1. The van der Waals surface area contributed by atoms with Crippen LogP contribution in [0.15, 0.2) is 42.5 Å². The summed E-state index contributed by atoms with van der Waals surface area (Å²) in [5.74, 6) is -0.207. The molecule has 1 amide bonds. The van der Waals surface area contributed by atoms with Crippen LogP contribution in [0.25, 0.3) is 0 Å². The van der Waals surface area contributed by atoms with Gasteiger partial charge in [0.05, 0.1) is 5.69 Å². The van der Waals surface area contributed by atoms with Gasteiger partial charge < -0.3 is 10.4 Å². The van der Waals surface area contributed by atoms with Crippen LogP contribution >= 0.6 is 12.2 Å². The molecule has 2 aromatic carbocycles. The zero-order valence-electron chi connectivity index (χ0n) is 12.5. The van der Waals surface area contributed by atoms with Gasteiger partial charge in [0, 0.05) is 5.56 Å². The number of aryl methyl sites for hydroxylation is 2. The number of carbonyl (C=O) groups is 1. The van der Waals surface area contributed by atoms with Crippen LogP contribution in [-0.2, 0) is 6.42 Å². The lowest BCUT2D eigenvalue weighted by atomic mass is 10.1. The molecule has 0 fully saturated rings. The van der Waals surface area contributed by atoms with Crippen LogP contribution in [-0.4, -0.2) is 16.1 Å². The second kappa shape index (κ2) is 7.04. The number of carbonyl (C=O) groups excluding carboxylic acids is 1. The van der Waals surface area contributed by atoms with E-state index in [9.17, 15) is 9.90 Å². The molecule has 22 heavy (non-hydrogen) atoms. The molecule has 114 valence electrons. The number of hydrogen-bond acceptors (Lipinski definition) is 3. The molecule has 0 radical (unpaired) electrons. The van der Waals surface area contributed by atoms with Crippen LogP contribution in [0, 0.1) is 6.92 Å². The average Bonchev–Trinajstić information content (AvgIpc) is 2.51. The minimum atomic E-state index is -0.285. The van der Waals surface area contributed by atoms with Gasteiger partial charge >= 0.3 is 0 Å². The minimum absolute atomic E-state index is 0.0782. The number of benzene rings is 2. The van der Waals surface area contributed by atoms with Gasteiger partial charge in [0.2, 0.25) is 0 Å². The highest BCUT2D eigenvalue weighted by Gasteiger charge is 2.09. The van der Waals surface area contributed by atoms with Crippen molar-refractivity contribution >= 4 is 28.9 Å². The summed E-state index contributed by atoms with van der Waals surface area (Å²) in [7, 11) is 0. The lowest BCUT2D eigenvalue weighted by molar-refractivity contribution is 0.0977. The Labute approximate surface area is 135 Å². The van der Waals surface area contributed by atoms with Crippen molar-refractivity contribution in [1.82, 2.24) is 5.32 Å². The van der Waals surface area contributed by atoms with Crippen molar-refractivity contribution in [2.45, 2.75) is 20.3 Å². The van der Waals surface area contributed by atoms with Crippen molar-refractivity contribution in [2.75, 3.05) is 5.32 Å². The number of phenols is 1. The van der Waals surface area contributed by atoms with E-state index in [1.165, 1.54) is 5.56 Å². The molecule has 0 atom stereocenters. The molecule has 2 rings (SSSR count). The van der Waals surface area contributed by atoms with Gasteiger partial charge in [-0.3, -0.25) is 10.1 Å². The highest BCUT2D eigenvalue weighted by Crippen LogP contribution is 2.23. The van der Waals surface area contributed by atoms with Crippen LogP contribution in [0.1, 0.15) is 28.4 Å². The molecule has 4 nitrogen and oxygen atoms in total. The van der Waals surface area contributed by atoms with Gasteiger partial charge in [0.25, 0.3) is 5.91 Å². The maximum absolute atomic E-state index is 12.1. The van der Waals surface area contributed by atoms with E-state index in [-0.39, 0.29) is 16.8 Å². The molecule has 0 bridgehead atoms. The van der Waals surface area contributed by atoms with Gasteiger partial charge in [-0.25, -0.2) is 0 Å². The third-order valence-electron chi connectivity index (χ3n) is 3.25. The van der Waals surface area contributed by atoms with E-state index in [0.717, 1.165) is 12.0 Å². The first-order valence-corrected chi connectivity index (χ1v) is 7.41. The van der Waals surface area contributed by atoms with E-state index < -0.39 is 0 Å². The van der Waals surface area contributed by atoms with Crippen molar-refractivity contribution in [3.8, 4) is 5.75 Å². The van der Waals surface area contributed by atoms with Crippen molar-refractivity contribution in [3.63, 3.8) is 0 Å². The van der Waals surface area contributed by atoms with E-state index in [1.54, 1.807) is 30.3 Å². The van der Waals surface area contributed by atoms with Gasteiger partial charge in [-0.05, 0) is 61.0 Å². The SMILES string of the molecule is CCc1ccc(C(=O)NC(=S)Nc2cc(C)ccc2O)cc1. The zero-order chi connectivity index (χ0) is 16.1. The molecule has 5 heteroatoms. The molecule has 2 aromatic rings. The van der Waals surface area contributed by atoms with Crippen molar-refractivity contribution in [1.29, 1.82) is 0 Å². The monoisotopic (exact) mass is 314 g/mol. The van der Waals surface area contributed by atoms with Crippen LogP contribution in [0.5, 0.6) is 5.75 Å². The number of anilines is 1. The van der Waals surface area contributed by atoms with Crippen molar-refractivity contribution < 1.29 is 9.90 Å². The zero-order valence-corrected chi connectivity index (χ0v) is 13.3. The molecule has 0 aliphatic heterocycles. The van der Waals surface area contributed by atoms with E-state index >= 15 is 0 Å². The Morgan fingerprint density at radius 2 is 1.86 bits per heavy atom. The first-order chi connectivity index (χ1) is 10.5. The van der Waals surface area contributed by atoms with E-state index in [4.69, 9.17) is 12.2 Å². The molecule has 0 spiro atoms. The quantitative estimate of drug-likeness (QED) is 0.600. The average molecular weight is 314 g/mol. The maximum Gasteiger partial charge on any atom is 0.257 e. The first kappa shape index (κ1) is 16.0. The Bertz CT molecular complexity index is 696. The lowest BCUT2D eigenvalue weighted by Crippen LogP contribution is -2.34. The summed E-state index contributed by atoms with van der Waals surface area (Å²) in [6.45, 7) is 3.96. The molecule has 0 saturated carbocycles.